The minimum absolute atomic E-state index is 0. The largest absolute Gasteiger partial charge is 1.00 e. The van der Waals surface area contributed by atoms with Crippen LogP contribution in [0.15, 0.2) is 0 Å². The van der Waals surface area contributed by atoms with Gasteiger partial charge in [-0.3, -0.25) is 12.5 Å². The maximum absolute atomic E-state index is 11.8. The molecule has 1 N–H and O–H groups in total. The van der Waals surface area contributed by atoms with Gasteiger partial charge in [0.15, 0.2) is 0 Å². The molecule has 234 valence electrons. The molecule has 0 aliphatic heterocycles. The van der Waals surface area contributed by atoms with Crippen molar-refractivity contribution < 1.29 is 145 Å². The van der Waals surface area contributed by atoms with Crippen molar-refractivity contribution in [2.75, 3.05) is 6.61 Å². The summed E-state index contributed by atoms with van der Waals surface area (Å²) in [6.45, 7) is 5.81. The second-order valence-corrected chi connectivity index (χ2v) is 15.9. The number of hydrogen-bond donors (Lipinski definition) is 1. The summed E-state index contributed by atoms with van der Waals surface area (Å²) in [5.74, 6) is -0.946. The molecule has 0 heterocycles. The molecular weight excluding hydrogens is 661 g/mol. The fourth-order valence-corrected chi connectivity index (χ4v) is 10.7. The molecule has 0 saturated heterocycles. The first kappa shape index (κ1) is 43.6. The third kappa shape index (κ3) is 10.1. The van der Waals surface area contributed by atoms with Crippen molar-refractivity contribution in [3.05, 3.63) is 0 Å². The summed E-state index contributed by atoms with van der Waals surface area (Å²) in [6, 6.07) is 0. The Morgan fingerprint density at radius 2 is 1.44 bits per heavy atom. The molecule has 43 heavy (non-hydrogen) atoms. The molecule has 0 unspecified atom stereocenters. The van der Waals surface area contributed by atoms with Gasteiger partial charge in [0.1, 0.15) is 0 Å². The number of rotatable bonds is 10. The zero-order chi connectivity index (χ0) is 29.9. The van der Waals surface area contributed by atoms with E-state index < -0.39 is 60.3 Å². The molecule has 11 atom stereocenters. The zero-order valence-electron chi connectivity index (χ0n) is 25.8. The van der Waals surface area contributed by atoms with Gasteiger partial charge in [0.05, 0.1) is 24.9 Å². The van der Waals surface area contributed by atoms with Crippen LogP contribution >= 0.6 is 0 Å². The fraction of sp³-hybridized carbons (Fsp3) is 1.00. The molecule has 0 aromatic heterocycles. The third-order valence-electron chi connectivity index (χ3n) is 11.0. The fourth-order valence-electron chi connectivity index (χ4n) is 9.36. The van der Waals surface area contributed by atoms with Crippen molar-refractivity contribution >= 4 is 31.2 Å². The van der Waals surface area contributed by atoms with Crippen molar-refractivity contribution in [3.8, 4) is 0 Å². The topological polar surface area (TPSA) is 220 Å². The van der Waals surface area contributed by atoms with Gasteiger partial charge in [-0.15, -0.1) is 0 Å². The van der Waals surface area contributed by atoms with Crippen LogP contribution in [0, 0.1) is 46.3 Å². The Labute approximate surface area is 322 Å². The molecule has 0 spiro atoms. The van der Waals surface area contributed by atoms with E-state index >= 15 is 0 Å². The van der Waals surface area contributed by atoms with E-state index in [2.05, 4.69) is 4.18 Å². The van der Waals surface area contributed by atoms with Gasteiger partial charge >= 0.3 is 88.7 Å². The minimum Gasteiger partial charge on any atom is -0.726 e. The first-order chi connectivity index (χ1) is 18.2. The van der Waals surface area contributed by atoms with Crippen molar-refractivity contribution in [2.24, 2.45) is 46.3 Å². The summed E-state index contributed by atoms with van der Waals surface area (Å²) in [5.41, 5.74) is -1.04. The molecule has 19 heteroatoms. The summed E-state index contributed by atoms with van der Waals surface area (Å²) in [5, 5.41) is 11.7. The quantitative estimate of drug-likeness (QED) is 0.0971. The van der Waals surface area contributed by atoms with E-state index in [1.165, 1.54) is 0 Å². The zero-order valence-corrected chi connectivity index (χ0v) is 34.3. The first-order valence-electron chi connectivity index (χ1n) is 13.8. The predicted octanol–water partition coefficient (Wildman–Crippen LogP) is -7.18. The molecule has 4 saturated carbocycles. The normalized spacial score (nSPS) is 40.0. The van der Waals surface area contributed by atoms with Crippen molar-refractivity contribution in [3.63, 3.8) is 0 Å². The molecule has 4 aliphatic carbocycles. The van der Waals surface area contributed by atoms with Gasteiger partial charge in [-0.05, 0) is 104 Å². The molecule has 4 fully saturated rings. The van der Waals surface area contributed by atoms with Crippen LogP contribution < -0.4 is 88.7 Å². The Morgan fingerprint density at radius 1 is 0.837 bits per heavy atom. The monoisotopic (exact) mass is 700 g/mol. The van der Waals surface area contributed by atoms with E-state index in [0.717, 1.165) is 6.42 Å². The molecule has 4 rings (SSSR count). The van der Waals surface area contributed by atoms with E-state index in [0.29, 0.717) is 38.5 Å². The van der Waals surface area contributed by atoms with Gasteiger partial charge in [-0.2, -0.15) is 0 Å². The van der Waals surface area contributed by atoms with Gasteiger partial charge in [0, 0.05) is 0 Å². The SMILES string of the molecule is C[C@H](CCCOS(=O)(=O)[O-])[C@H]1CC[C@H]2[C@@H]3[C@H](OS(=O)(=O)[O-])C[C@H]4C[C@H](OS(=O)(=O)[O-])CC[C@]4(C)[C@H]3C[C@H](O)[C@]12C.[Na+].[Na+].[Na+]. The second kappa shape index (κ2) is 16.1. The Hall–Kier alpha value is 2.57. The van der Waals surface area contributed by atoms with E-state index in [9.17, 15) is 44.0 Å². The van der Waals surface area contributed by atoms with Crippen LogP contribution in [0.1, 0.15) is 78.6 Å². The van der Waals surface area contributed by atoms with E-state index in [4.69, 9.17) is 8.37 Å². The molecule has 0 bridgehead atoms. The van der Waals surface area contributed by atoms with Crippen LogP contribution in [-0.4, -0.2) is 68.9 Å². The Balaban J connectivity index is 0.00000308. The third-order valence-corrected chi connectivity index (χ3v) is 12.4. The number of aliphatic hydroxyl groups excluding tert-OH is 1. The van der Waals surface area contributed by atoms with E-state index in [-0.39, 0.29) is 144 Å². The molecule has 4 aliphatic rings. The maximum atomic E-state index is 11.8. The molecule has 0 aromatic carbocycles. The van der Waals surface area contributed by atoms with Crippen LogP contribution in [0.5, 0.6) is 0 Å². The van der Waals surface area contributed by atoms with Crippen molar-refractivity contribution in [1.29, 1.82) is 0 Å². The van der Waals surface area contributed by atoms with Crippen LogP contribution in [-0.2, 0) is 43.7 Å². The first-order valence-corrected chi connectivity index (χ1v) is 17.8. The van der Waals surface area contributed by atoms with Crippen molar-refractivity contribution in [1.82, 2.24) is 0 Å². The Morgan fingerprint density at radius 3 is 2.00 bits per heavy atom. The molecule has 0 aromatic rings. The predicted molar refractivity (Wildman–Crippen MR) is 135 cm³/mol. The summed E-state index contributed by atoms with van der Waals surface area (Å²) in [7, 11) is -14.8. The van der Waals surface area contributed by atoms with Gasteiger partial charge in [-0.1, -0.05) is 20.8 Å². The summed E-state index contributed by atoms with van der Waals surface area (Å²) >= 11 is 0. The van der Waals surface area contributed by atoms with Gasteiger partial charge in [0.25, 0.3) is 0 Å². The number of fused-ring (bicyclic) bond motifs is 5. The summed E-state index contributed by atoms with van der Waals surface area (Å²) in [6.07, 6.45) is 1.29. The molecule has 13 nitrogen and oxygen atoms in total. The van der Waals surface area contributed by atoms with Gasteiger partial charge in [0.2, 0.25) is 31.2 Å². The number of aliphatic hydroxyl groups is 1. The summed E-state index contributed by atoms with van der Waals surface area (Å²) < 4.78 is 116. The van der Waals surface area contributed by atoms with Crippen LogP contribution in [0.4, 0.5) is 0 Å². The number of hydrogen-bond acceptors (Lipinski definition) is 13. The Kier molecular flexibility index (Phi) is 16.3. The minimum atomic E-state index is -5.07. The van der Waals surface area contributed by atoms with Crippen LogP contribution in [0.25, 0.3) is 0 Å². The average molecular weight is 701 g/mol. The molecule has 0 amide bonds. The average Bonchev–Trinajstić information content (AvgIpc) is 3.14. The van der Waals surface area contributed by atoms with E-state index in [1.807, 2.05) is 20.8 Å². The maximum Gasteiger partial charge on any atom is 1.00 e. The van der Waals surface area contributed by atoms with Gasteiger partial charge in [-0.25, -0.2) is 25.3 Å². The van der Waals surface area contributed by atoms with Gasteiger partial charge < -0.3 is 18.8 Å². The molecule has 0 radical (unpaired) electrons. The molecular formula is C24H39Na3O13S3. The smallest absolute Gasteiger partial charge is 0.726 e. The van der Waals surface area contributed by atoms with Crippen molar-refractivity contribution in [2.45, 2.75) is 96.9 Å². The van der Waals surface area contributed by atoms with Crippen LogP contribution in [0.2, 0.25) is 0 Å². The Bertz CT molecular complexity index is 1270. The summed E-state index contributed by atoms with van der Waals surface area (Å²) in [4.78, 5) is 0. The van der Waals surface area contributed by atoms with Crippen LogP contribution in [0.3, 0.4) is 0 Å². The van der Waals surface area contributed by atoms with E-state index in [1.54, 1.807) is 0 Å². The standard InChI is InChI=1S/C24H42O13S3.3Na/c1-14(5-4-10-35-38(26,27)28)17-6-7-18-22-19(13-21(25)24(17,18)3)23(2)9-8-16(36-39(29,30)31)11-15(23)12-20(22)37-40(32,33)34;;;/h14-22,25H,4-13H2,1-3H3,(H,26,27,28)(H,29,30,31)(H,32,33,34);;;/q;3*+1/p-3/t14-,15-,16-,17-,18+,19+,20-,21+,22+,23+,24-;;;/m1.../s1. The second-order valence-electron chi connectivity index (χ2n) is 12.8.